The van der Waals surface area contributed by atoms with Crippen LogP contribution in [-0.4, -0.2) is 38.2 Å². The van der Waals surface area contributed by atoms with Crippen molar-refractivity contribution in [3.63, 3.8) is 0 Å². The predicted octanol–water partition coefficient (Wildman–Crippen LogP) is 2.21. The second kappa shape index (κ2) is 9.75. The molecule has 2 aromatic carbocycles. The number of aryl methyl sites for hydroxylation is 1. The van der Waals surface area contributed by atoms with Gasteiger partial charge in [0.2, 0.25) is 10.0 Å². The molecule has 0 bridgehead atoms. The smallest absolute Gasteiger partial charge is 0.321 e. The molecule has 0 aliphatic carbocycles. The van der Waals surface area contributed by atoms with Gasteiger partial charge in [0, 0.05) is 12.1 Å². The summed E-state index contributed by atoms with van der Waals surface area (Å²) in [6.45, 7) is 2.77. The van der Waals surface area contributed by atoms with Crippen molar-refractivity contribution in [2.45, 2.75) is 18.7 Å². The van der Waals surface area contributed by atoms with Crippen molar-refractivity contribution in [1.29, 1.82) is 0 Å². The van der Waals surface area contributed by atoms with Crippen molar-refractivity contribution in [2.24, 2.45) is 5.10 Å². The molecule has 0 unspecified atom stereocenters. The molecule has 0 aliphatic rings. The highest BCUT2D eigenvalue weighted by molar-refractivity contribution is 7.89. The van der Waals surface area contributed by atoms with Crippen LogP contribution in [0.4, 0.5) is 11.4 Å². The zero-order valence-electron chi connectivity index (χ0n) is 15.8. The largest absolute Gasteiger partial charge is 0.458 e. The van der Waals surface area contributed by atoms with Gasteiger partial charge in [-0.15, -0.1) is 0 Å². The summed E-state index contributed by atoms with van der Waals surface area (Å²) in [5.41, 5.74) is 4.49. The number of carbonyl (C=O) groups excluding carboxylic acids is 1. The Balaban J connectivity index is 1.79. The maximum Gasteiger partial charge on any atom is 0.321 e. The van der Waals surface area contributed by atoms with Crippen LogP contribution in [-0.2, 0) is 19.6 Å². The number of rotatable bonds is 9. The summed E-state index contributed by atoms with van der Waals surface area (Å²) >= 11 is 0. The van der Waals surface area contributed by atoms with Crippen LogP contribution in [0.25, 0.3) is 0 Å². The van der Waals surface area contributed by atoms with Gasteiger partial charge < -0.3 is 4.74 Å². The molecule has 2 aromatic rings. The third-order valence-corrected chi connectivity index (χ3v) is 5.05. The number of benzene rings is 2. The lowest BCUT2D eigenvalue weighted by atomic mass is 10.2. The van der Waals surface area contributed by atoms with Gasteiger partial charge in [0.25, 0.3) is 5.69 Å². The number of esters is 1. The quantitative estimate of drug-likeness (QED) is 0.274. The first-order chi connectivity index (χ1) is 13.7. The number of ether oxygens (including phenoxy) is 1. The predicted molar refractivity (Wildman–Crippen MR) is 107 cm³/mol. The van der Waals surface area contributed by atoms with Gasteiger partial charge in [0.15, 0.2) is 0 Å². The molecule has 2 N–H and O–H groups in total. The SMILES string of the molecule is CC(COC(=O)CNS(=O)(=O)c1ccc(C)cc1)=NNc1ccc([N+](=O)[O-])cc1. The fraction of sp³-hybridized carbons (Fsp3) is 0.222. The van der Waals surface area contributed by atoms with E-state index in [0.29, 0.717) is 11.4 Å². The summed E-state index contributed by atoms with van der Waals surface area (Å²) in [6.07, 6.45) is 0. The number of hydrazone groups is 1. The van der Waals surface area contributed by atoms with Crippen LogP contribution in [0.15, 0.2) is 58.5 Å². The summed E-state index contributed by atoms with van der Waals surface area (Å²) in [5.74, 6) is -0.759. The Morgan fingerprint density at radius 1 is 1.14 bits per heavy atom. The molecular formula is C18H20N4O6S. The van der Waals surface area contributed by atoms with E-state index in [2.05, 4.69) is 15.2 Å². The minimum Gasteiger partial charge on any atom is -0.458 e. The number of nitro groups is 1. The van der Waals surface area contributed by atoms with Crippen LogP contribution >= 0.6 is 0 Å². The van der Waals surface area contributed by atoms with E-state index in [1.54, 1.807) is 19.1 Å². The van der Waals surface area contributed by atoms with Crippen molar-refractivity contribution >= 4 is 33.1 Å². The summed E-state index contributed by atoms with van der Waals surface area (Å²) in [6, 6.07) is 11.8. The van der Waals surface area contributed by atoms with Gasteiger partial charge in [-0.05, 0) is 38.1 Å². The number of nitrogens with zero attached hydrogens (tertiary/aromatic N) is 2. The number of carbonyl (C=O) groups is 1. The standard InChI is InChI=1S/C18H20N4O6S/c1-13-3-9-17(10-4-13)29(26,27)19-11-18(23)28-12-14(2)20-21-15-5-7-16(8-6-15)22(24)25/h3-10,19,21H,11-12H2,1-2H3. The van der Waals surface area contributed by atoms with Gasteiger partial charge in [-0.3, -0.25) is 20.3 Å². The zero-order chi connectivity index (χ0) is 21.4. The summed E-state index contributed by atoms with van der Waals surface area (Å²) in [7, 11) is -3.81. The Kier molecular flexibility index (Phi) is 7.39. The number of non-ortho nitro benzene ring substituents is 1. The number of nitrogens with one attached hydrogen (secondary N) is 2. The fourth-order valence-electron chi connectivity index (χ4n) is 2.04. The number of sulfonamides is 1. The van der Waals surface area contributed by atoms with E-state index in [4.69, 9.17) is 4.74 Å². The van der Waals surface area contributed by atoms with Crippen molar-refractivity contribution in [1.82, 2.24) is 4.72 Å². The lowest BCUT2D eigenvalue weighted by Gasteiger charge is -2.08. The minimum absolute atomic E-state index is 0.0433. The maximum absolute atomic E-state index is 12.1. The Labute approximate surface area is 167 Å². The third kappa shape index (κ3) is 6.97. The van der Waals surface area contributed by atoms with E-state index in [1.165, 1.54) is 36.4 Å². The van der Waals surface area contributed by atoms with E-state index < -0.39 is 27.5 Å². The minimum atomic E-state index is -3.81. The normalized spacial score (nSPS) is 11.7. The van der Waals surface area contributed by atoms with Crippen LogP contribution in [0.1, 0.15) is 12.5 Å². The van der Waals surface area contributed by atoms with E-state index in [9.17, 15) is 23.3 Å². The van der Waals surface area contributed by atoms with Gasteiger partial charge in [-0.2, -0.15) is 9.82 Å². The molecule has 29 heavy (non-hydrogen) atoms. The maximum atomic E-state index is 12.1. The van der Waals surface area contributed by atoms with E-state index in [0.717, 1.165) is 5.56 Å². The molecule has 11 heteroatoms. The average Bonchev–Trinajstić information content (AvgIpc) is 2.70. The Hall–Kier alpha value is -3.31. The first kappa shape index (κ1) is 22.0. The molecular weight excluding hydrogens is 400 g/mol. The number of hydrogen-bond acceptors (Lipinski definition) is 8. The summed E-state index contributed by atoms with van der Waals surface area (Å²) in [4.78, 5) is 21.9. The molecule has 0 radical (unpaired) electrons. The summed E-state index contributed by atoms with van der Waals surface area (Å²) in [5, 5.41) is 14.6. The Morgan fingerprint density at radius 3 is 2.34 bits per heavy atom. The van der Waals surface area contributed by atoms with Gasteiger partial charge in [-0.1, -0.05) is 17.7 Å². The van der Waals surface area contributed by atoms with Gasteiger partial charge in [-0.25, -0.2) is 8.42 Å². The molecule has 0 spiro atoms. The molecule has 0 saturated carbocycles. The average molecular weight is 420 g/mol. The molecule has 0 fully saturated rings. The second-order valence-corrected chi connectivity index (χ2v) is 7.83. The van der Waals surface area contributed by atoms with Crippen LogP contribution in [0.5, 0.6) is 0 Å². The fourth-order valence-corrected chi connectivity index (χ4v) is 3.01. The highest BCUT2D eigenvalue weighted by Crippen LogP contribution is 2.15. The van der Waals surface area contributed by atoms with Gasteiger partial charge in [0.05, 0.1) is 21.2 Å². The number of nitro benzene ring substituents is 1. The zero-order valence-corrected chi connectivity index (χ0v) is 16.6. The first-order valence-corrected chi connectivity index (χ1v) is 9.91. The molecule has 154 valence electrons. The van der Waals surface area contributed by atoms with E-state index >= 15 is 0 Å². The van der Waals surface area contributed by atoms with Gasteiger partial charge >= 0.3 is 5.97 Å². The first-order valence-electron chi connectivity index (χ1n) is 8.43. The molecule has 0 atom stereocenters. The lowest BCUT2D eigenvalue weighted by Crippen LogP contribution is -2.31. The number of anilines is 1. The third-order valence-electron chi connectivity index (χ3n) is 3.63. The summed E-state index contributed by atoms with van der Waals surface area (Å²) < 4.78 is 31.4. The van der Waals surface area contributed by atoms with Crippen molar-refractivity contribution in [3.8, 4) is 0 Å². The molecule has 0 saturated heterocycles. The lowest BCUT2D eigenvalue weighted by molar-refractivity contribution is -0.384. The van der Waals surface area contributed by atoms with Crippen molar-refractivity contribution < 1.29 is 22.9 Å². The monoisotopic (exact) mass is 420 g/mol. The Bertz CT molecular complexity index is 1000. The van der Waals surface area contributed by atoms with Gasteiger partial charge in [0.1, 0.15) is 13.2 Å². The van der Waals surface area contributed by atoms with E-state index in [1.807, 2.05) is 6.92 Å². The van der Waals surface area contributed by atoms with Crippen LogP contribution < -0.4 is 10.1 Å². The molecule has 10 nitrogen and oxygen atoms in total. The van der Waals surface area contributed by atoms with Crippen LogP contribution in [0, 0.1) is 17.0 Å². The van der Waals surface area contributed by atoms with Crippen molar-refractivity contribution in [3.05, 3.63) is 64.2 Å². The van der Waals surface area contributed by atoms with Crippen LogP contribution in [0.3, 0.4) is 0 Å². The highest BCUT2D eigenvalue weighted by Gasteiger charge is 2.16. The topological polar surface area (TPSA) is 140 Å². The van der Waals surface area contributed by atoms with E-state index in [-0.39, 0.29) is 17.2 Å². The number of hydrogen-bond donors (Lipinski definition) is 2. The van der Waals surface area contributed by atoms with Crippen LogP contribution in [0.2, 0.25) is 0 Å². The molecule has 0 heterocycles. The molecule has 0 aliphatic heterocycles. The molecule has 2 rings (SSSR count). The second-order valence-electron chi connectivity index (χ2n) is 6.06. The molecule has 0 amide bonds. The molecule has 0 aromatic heterocycles. The Morgan fingerprint density at radius 2 is 1.76 bits per heavy atom. The highest BCUT2D eigenvalue weighted by atomic mass is 32.2. The van der Waals surface area contributed by atoms with Crippen molar-refractivity contribution in [2.75, 3.05) is 18.6 Å².